The second kappa shape index (κ2) is 5.18. The minimum absolute atomic E-state index is 0.0384. The summed E-state index contributed by atoms with van der Waals surface area (Å²) in [5.74, 6) is -0.861. The number of hydrogen-bond donors (Lipinski definition) is 1. The molecule has 1 N–H and O–H groups in total. The standard InChI is InChI=1S/C11H20N2O3/c1-4-6-12(3)11(16)13-7-5-8(2)9(13)10(14)15/h8-9H,4-7H2,1-3H3,(H,14,15). The lowest BCUT2D eigenvalue weighted by Gasteiger charge is -2.28. The number of urea groups is 1. The highest BCUT2D eigenvalue weighted by molar-refractivity contribution is 5.83. The largest absolute Gasteiger partial charge is 0.480 e. The SMILES string of the molecule is CCCN(C)C(=O)N1CCC(C)C1C(=O)O. The topological polar surface area (TPSA) is 60.9 Å². The Balaban J connectivity index is 2.72. The summed E-state index contributed by atoms with van der Waals surface area (Å²) in [5.41, 5.74) is 0. The normalized spacial score (nSPS) is 24.6. The molecule has 5 nitrogen and oxygen atoms in total. The number of nitrogens with zero attached hydrogens (tertiary/aromatic N) is 2. The van der Waals surface area contributed by atoms with Gasteiger partial charge in [-0.3, -0.25) is 0 Å². The van der Waals surface area contributed by atoms with Crippen LogP contribution in [0.15, 0.2) is 0 Å². The van der Waals surface area contributed by atoms with Gasteiger partial charge in [0.1, 0.15) is 6.04 Å². The Hall–Kier alpha value is -1.26. The number of carbonyl (C=O) groups excluding carboxylic acids is 1. The maximum absolute atomic E-state index is 12.0. The maximum Gasteiger partial charge on any atom is 0.326 e. The minimum Gasteiger partial charge on any atom is -0.480 e. The molecule has 5 heteroatoms. The van der Waals surface area contributed by atoms with Crippen molar-refractivity contribution in [1.82, 2.24) is 9.80 Å². The third kappa shape index (κ3) is 2.46. The summed E-state index contributed by atoms with van der Waals surface area (Å²) in [7, 11) is 1.72. The molecule has 1 aliphatic heterocycles. The van der Waals surface area contributed by atoms with Crippen LogP contribution in [-0.4, -0.2) is 53.1 Å². The molecule has 1 fully saturated rings. The summed E-state index contributed by atoms with van der Waals surface area (Å²) in [6.45, 7) is 5.08. The fourth-order valence-electron chi connectivity index (χ4n) is 2.19. The van der Waals surface area contributed by atoms with Crippen molar-refractivity contribution < 1.29 is 14.7 Å². The minimum atomic E-state index is -0.900. The van der Waals surface area contributed by atoms with Gasteiger partial charge in [0.2, 0.25) is 0 Å². The summed E-state index contributed by atoms with van der Waals surface area (Å²) in [6, 6.07) is -0.828. The molecular formula is C11H20N2O3. The third-order valence-electron chi connectivity index (χ3n) is 3.08. The molecule has 92 valence electrons. The van der Waals surface area contributed by atoms with E-state index in [0.29, 0.717) is 13.1 Å². The average molecular weight is 228 g/mol. The summed E-state index contributed by atoms with van der Waals surface area (Å²) < 4.78 is 0. The first-order valence-corrected chi connectivity index (χ1v) is 5.73. The molecule has 2 atom stereocenters. The van der Waals surface area contributed by atoms with Crippen molar-refractivity contribution in [3.05, 3.63) is 0 Å². The van der Waals surface area contributed by atoms with Gasteiger partial charge in [-0.05, 0) is 18.8 Å². The molecule has 0 aromatic heterocycles. The number of carboxylic acids is 1. The van der Waals surface area contributed by atoms with Gasteiger partial charge in [-0.25, -0.2) is 9.59 Å². The lowest BCUT2D eigenvalue weighted by molar-refractivity contribution is -0.142. The molecule has 2 amide bonds. The van der Waals surface area contributed by atoms with E-state index in [1.54, 1.807) is 11.9 Å². The highest BCUT2D eigenvalue weighted by Gasteiger charge is 2.40. The van der Waals surface area contributed by atoms with Crippen LogP contribution in [0.25, 0.3) is 0 Å². The van der Waals surface area contributed by atoms with Crippen molar-refractivity contribution in [1.29, 1.82) is 0 Å². The summed E-state index contributed by atoms with van der Waals surface area (Å²) in [4.78, 5) is 26.1. The van der Waals surface area contributed by atoms with E-state index in [2.05, 4.69) is 0 Å². The number of amides is 2. The Kier molecular flexibility index (Phi) is 4.15. The number of likely N-dealkylation sites (tertiary alicyclic amines) is 1. The van der Waals surface area contributed by atoms with E-state index in [1.165, 1.54) is 4.90 Å². The van der Waals surface area contributed by atoms with E-state index in [4.69, 9.17) is 5.11 Å². The monoisotopic (exact) mass is 228 g/mol. The lowest BCUT2D eigenvalue weighted by atomic mass is 10.0. The first-order valence-electron chi connectivity index (χ1n) is 5.73. The Bertz CT molecular complexity index is 280. The molecule has 0 spiro atoms. The summed E-state index contributed by atoms with van der Waals surface area (Å²) >= 11 is 0. The van der Waals surface area contributed by atoms with Crippen LogP contribution in [0.3, 0.4) is 0 Å². The molecule has 0 aromatic rings. The molecule has 1 saturated heterocycles. The molecule has 0 saturated carbocycles. The van der Waals surface area contributed by atoms with Crippen LogP contribution < -0.4 is 0 Å². The number of carbonyl (C=O) groups is 2. The number of aliphatic carboxylic acids is 1. The Morgan fingerprint density at radius 2 is 2.12 bits per heavy atom. The predicted molar refractivity (Wildman–Crippen MR) is 60.2 cm³/mol. The first kappa shape index (κ1) is 12.8. The van der Waals surface area contributed by atoms with Crippen LogP contribution in [-0.2, 0) is 4.79 Å². The smallest absolute Gasteiger partial charge is 0.326 e. The van der Waals surface area contributed by atoms with Gasteiger partial charge in [0.05, 0.1) is 0 Å². The van der Waals surface area contributed by atoms with Crippen molar-refractivity contribution in [2.75, 3.05) is 20.1 Å². The molecular weight excluding hydrogens is 208 g/mol. The predicted octanol–water partition coefficient (Wildman–Crippen LogP) is 1.24. The van der Waals surface area contributed by atoms with Crippen molar-refractivity contribution in [3.63, 3.8) is 0 Å². The second-order valence-corrected chi connectivity index (χ2v) is 4.45. The fraction of sp³-hybridized carbons (Fsp3) is 0.818. The van der Waals surface area contributed by atoms with Gasteiger partial charge in [-0.15, -0.1) is 0 Å². The van der Waals surface area contributed by atoms with Gasteiger partial charge in [-0.2, -0.15) is 0 Å². The highest BCUT2D eigenvalue weighted by Crippen LogP contribution is 2.25. The Morgan fingerprint density at radius 1 is 1.50 bits per heavy atom. The molecule has 0 radical (unpaired) electrons. The van der Waals surface area contributed by atoms with E-state index < -0.39 is 12.0 Å². The zero-order chi connectivity index (χ0) is 12.3. The molecule has 0 aromatic carbocycles. The van der Waals surface area contributed by atoms with Crippen molar-refractivity contribution in [2.24, 2.45) is 5.92 Å². The molecule has 1 aliphatic rings. The number of hydrogen-bond acceptors (Lipinski definition) is 2. The van der Waals surface area contributed by atoms with Gasteiger partial charge in [0, 0.05) is 20.1 Å². The molecule has 16 heavy (non-hydrogen) atoms. The molecule has 1 heterocycles. The fourth-order valence-corrected chi connectivity index (χ4v) is 2.19. The van der Waals surface area contributed by atoms with Gasteiger partial charge in [0.25, 0.3) is 0 Å². The quantitative estimate of drug-likeness (QED) is 0.790. The Labute approximate surface area is 96.0 Å². The van der Waals surface area contributed by atoms with Crippen LogP contribution >= 0.6 is 0 Å². The second-order valence-electron chi connectivity index (χ2n) is 4.45. The molecule has 0 bridgehead atoms. The number of carboxylic acid groups (broad SMARTS) is 1. The van der Waals surface area contributed by atoms with Crippen LogP contribution in [0.5, 0.6) is 0 Å². The van der Waals surface area contributed by atoms with E-state index in [-0.39, 0.29) is 11.9 Å². The summed E-state index contributed by atoms with van der Waals surface area (Å²) in [5, 5.41) is 9.10. The van der Waals surface area contributed by atoms with Crippen molar-refractivity contribution >= 4 is 12.0 Å². The summed E-state index contributed by atoms with van der Waals surface area (Å²) in [6.07, 6.45) is 1.64. The van der Waals surface area contributed by atoms with Gasteiger partial charge in [0.15, 0.2) is 0 Å². The average Bonchev–Trinajstić information content (AvgIpc) is 2.59. The third-order valence-corrected chi connectivity index (χ3v) is 3.08. The highest BCUT2D eigenvalue weighted by atomic mass is 16.4. The van der Waals surface area contributed by atoms with Crippen LogP contribution in [0.2, 0.25) is 0 Å². The molecule has 2 unspecified atom stereocenters. The van der Waals surface area contributed by atoms with E-state index in [9.17, 15) is 9.59 Å². The van der Waals surface area contributed by atoms with Gasteiger partial charge in [-0.1, -0.05) is 13.8 Å². The van der Waals surface area contributed by atoms with Gasteiger partial charge < -0.3 is 14.9 Å². The molecule has 1 rings (SSSR count). The van der Waals surface area contributed by atoms with Crippen molar-refractivity contribution in [2.45, 2.75) is 32.7 Å². The zero-order valence-electron chi connectivity index (χ0n) is 10.1. The molecule has 0 aliphatic carbocycles. The lowest BCUT2D eigenvalue weighted by Crippen LogP contribution is -2.48. The zero-order valence-corrected chi connectivity index (χ0v) is 10.1. The van der Waals surface area contributed by atoms with Crippen molar-refractivity contribution in [3.8, 4) is 0 Å². The number of rotatable bonds is 3. The van der Waals surface area contributed by atoms with E-state index in [0.717, 1.165) is 12.8 Å². The first-order chi connectivity index (χ1) is 7.49. The van der Waals surface area contributed by atoms with E-state index >= 15 is 0 Å². The van der Waals surface area contributed by atoms with Crippen LogP contribution in [0.1, 0.15) is 26.7 Å². The van der Waals surface area contributed by atoms with Gasteiger partial charge >= 0.3 is 12.0 Å². The Morgan fingerprint density at radius 3 is 2.62 bits per heavy atom. The maximum atomic E-state index is 12.0. The van der Waals surface area contributed by atoms with Crippen LogP contribution in [0.4, 0.5) is 4.79 Å². The van der Waals surface area contributed by atoms with Crippen LogP contribution in [0, 0.1) is 5.92 Å². The van der Waals surface area contributed by atoms with E-state index in [1.807, 2.05) is 13.8 Å².